The number of ether oxygens (including phenoxy) is 2. The Morgan fingerprint density at radius 1 is 1.25 bits per heavy atom. The molecule has 0 bridgehead atoms. The third kappa shape index (κ3) is 5.66. The summed E-state index contributed by atoms with van der Waals surface area (Å²) in [6, 6.07) is 8.13. The number of nitrogens with one attached hydrogen (secondary N) is 2. The van der Waals surface area contributed by atoms with E-state index in [1.807, 2.05) is 18.2 Å². The second-order valence-corrected chi connectivity index (χ2v) is 7.45. The lowest BCUT2D eigenvalue weighted by Gasteiger charge is -2.35. The smallest absolute Gasteiger partial charge is 0.228 e. The fraction of sp³-hybridized carbons (Fsp3) is 0.650. The van der Waals surface area contributed by atoms with Gasteiger partial charge in [-0.15, -0.1) is 24.8 Å². The lowest BCUT2D eigenvalue weighted by atomic mass is 9.78. The molecule has 160 valence electrons. The van der Waals surface area contributed by atoms with Crippen LogP contribution in [0, 0.1) is 11.3 Å². The van der Waals surface area contributed by atoms with E-state index in [0.717, 1.165) is 63.4 Å². The number of amides is 1. The van der Waals surface area contributed by atoms with E-state index in [0.29, 0.717) is 12.5 Å². The van der Waals surface area contributed by atoms with Crippen molar-refractivity contribution < 1.29 is 14.3 Å². The molecule has 8 heteroatoms. The highest BCUT2D eigenvalue weighted by molar-refractivity contribution is 5.85. The average Bonchev–Trinajstić information content (AvgIpc) is 3.16. The van der Waals surface area contributed by atoms with Crippen LogP contribution >= 0.6 is 24.8 Å². The second-order valence-electron chi connectivity index (χ2n) is 7.45. The van der Waals surface area contributed by atoms with Crippen molar-refractivity contribution in [3.05, 3.63) is 24.3 Å². The molecule has 2 aliphatic rings. The number of carbonyl (C=O) groups is 1. The van der Waals surface area contributed by atoms with Gasteiger partial charge in [0.05, 0.1) is 24.8 Å². The minimum absolute atomic E-state index is 0. The minimum atomic E-state index is -0.374. The van der Waals surface area contributed by atoms with Gasteiger partial charge in [-0.25, -0.2) is 0 Å². The maximum atomic E-state index is 12.9. The summed E-state index contributed by atoms with van der Waals surface area (Å²) in [6.07, 6.45) is 2.76. The molecule has 3 rings (SSSR count). The highest BCUT2D eigenvalue weighted by Gasteiger charge is 2.40. The molecule has 0 saturated carbocycles. The third-order valence-corrected chi connectivity index (χ3v) is 5.73. The zero-order valence-corrected chi connectivity index (χ0v) is 18.4. The topological polar surface area (TPSA) is 62.8 Å². The number of carbonyl (C=O) groups excluding carboxylic acids is 1. The van der Waals surface area contributed by atoms with Gasteiger partial charge in [-0.3, -0.25) is 4.79 Å². The van der Waals surface area contributed by atoms with E-state index in [1.54, 1.807) is 14.2 Å². The molecule has 0 aromatic heterocycles. The normalized spacial score (nSPS) is 20.6. The monoisotopic (exact) mass is 433 g/mol. The van der Waals surface area contributed by atoms with E-state index in [2.05, 4.69) is 21.6 Å². The predicted molar refractivity (Wildman–Crippen MR) is 117 cm³/mol. The first kappa shape index (κ1) is 24.8. The van der Waals surface area contributed by atoms with Crippen LogP contribution in [0.5, 0.6) is 5.75 Å². The third-order valence-electron chi connectivity index (χ3n) is 5.73. The molecular weight excluding hydrogens is 401 g/mol. The lowest BCUT2D eigenvalue weighted by Crippen LogP contribution is -2.51. The molecule has 1 aromatic carbocycles. The van der Waals surface area contributed by atoms with Crippen LogP contribution in [0.3, 0.4) is 0 Å². The van der Waals surface area contributed by atoms with Crippen molar-refractivity contribution in [1.82, 2.24) is 10.6 Å². The highest BCUT2D eigenvalue weighted by atomic mass is 35.5. The number of hydrogen-bond donors (Lipinski definition) is 2. The Kier molecular flexibility index (Phi) is 10.4. The van der Waals surface area contributed by atoms with E-state index in [4.69, 9.17) is 9.47 Å². The number of hydrogen-bond acceptors (Lipinski definition) is 5. The molecule has 2 saturated heterocycles. The Morgan fingerprint density at radius 2 is 1.96 bits per heavy atom. The van der Waals surface area contributed by atoms with Gasteiger partial charge in [-0.2, -0.15) is 0 Å². The molecular formula is C20H33Cl2N3O3. The number of halogens is 2. The van der Waals surface area contributed by atoms with Gasteiger partial charge in [0.2, 0.25) is 5.91 Å². The molecule has 0 spiro atoms. The van der Waals surface area contributed by atoms with Gasteiger partial charge >= 0.3 is 0 Å². The molecule has 0 aliphatic carbocycles. The van der Waals surface area contributed by atoms with Crippen molar-refractivity contribution in [3.63, 3.8) is 0 Å². The Labute approximate surface area is 180 Å². The zero-order chi connectivity index (χ0) is 18.4. The van der Waals surface area contributed by atoms with Crippen LogP contribution < -0.4 is 20.3 Å². The van der Waals surface area contributed by atoms with Gasteiger partial charge in [0.25, 0.3) is 0 Å². The van der Waals surface area contributed by atoms with Crippen molar-refractivity contribution in [1.29, 1.82) is 0 Å². The molecule has 2 N–H and O–H groups in total. The molecule has 28 heavy (non-hydrogen) atoms. The van der Waals surface area contributed by atoms with Gasteiger partial charge in [-0.05, 0) is 50.4 Å². The van der Waals surface area contributed by atoms with E-state index in [-0.39, 0.29) is 36.1 Å². The summed E-state index contributed by atoms with van der Waals surface area (Å²) < 4.78 is 10.8. The largest absolute Gasteiger partial charge is 0.495 e. The number of para-hydroxylation sites is 2. The molecule has 2 fully saturated rings. The summed E-state index contributed by atoms with van der Waals surface area (Å²) in [5, 5.41) is 6.55. The zero-order valence-electron chi connectivity index (χ0n) is 16.7. The SMILES string of the molecule is COCC1(C(=O)NCC2CCN(c3ccccc3OC)C2)CCNCC1.Cl.Cl. The highest BCUT2D eigenvalue weighted by Crippen LogP contribution is 2.32. The van der Waals surface area contributed by atoms with Crippen LogP contribution in [0.15, 0.2) is 24.3 Å². The summed E-state index contributed by atoms with van der Waals surface area (Å²) in [5.41, 5.74) is 0.763. The van der Waals surface area contributed by atoms with Crippen LogP contribution in [-0.2, 0) is 9.53 Å². The Hall–Kier alpha value is -1.21. The fourth-order valence-electron chi connectivity index (χ4n) is 4.15. The first-order chi connectivity index (χ1) is 12.7. The average molecular weight is 434 g/mol. The Balaban J connectivity index is 0.00000196. The van der Waals surface area contributed by atoms with Crippen LogP contribution in [-0.4, -0.2) is 59.5 Å². The molecule has 2 aliphatic heterocycles. The first-order valence-electron chi connectivity index (χ1n) is 9.54. The van der Waals surface area contributed by atoms with Crippen molar-refractivity contribution in [2.45, 2.75) is 19.3 Å². The standard InChI is InChI=1S/C20H31N3O3.2ClH/c1-25-15-20(8-10-21-11-9-20)19(24)22-13-16-7-12-23(14-16)17-5-3-4-6-18(17)26-2;;/h3-6,16,21H,7-15H2,1-2H3,(H,22,24);2*1H. The molecule has 0 radical (unpaired) electrons. The molecule has 1 aromatic rings. The van der Waals surface area contributed by atoms with Gasteiger partial charge in [0, 0.05) is 26.7 Å². The van der Waals surface area contributed by atoms with E-state index < -0.39 is 0 Å². The van der Waals surface area contributed by atoms with Crippen LogP contribution in [0.1, 0.15) is 19.3 Å². The minimum Gasteiger partial charge on any atom is -0.495 e. The number of methoxy groups -OCH3 is 2. The summed E-state index contributed by atoms with van der Waals surface area (Å²) in [6.45, 7) is 4.92. The second kappa shape index (κ2) is 11.7. The fourth-order valence-corrected chi connectivity index (χ4v) is 4.15. The number of piperidine rings is 1. The quantitative estimate of drug-likeness (QED) is 0.691. The Bertz CT molecular complexity index is 607. The van der Waals surface area contributed by atoms with Crippen LogP contribution in [0.2, 0.25) is 0 Å². The molecule has 1 amide bonds. The number of nitrogens with zero attached hydrogens (tertiary/aromatic N) is 1. The molecule has 1 atom stereocenters. The number of anilines is 1. The van der Waals surface area contributed by atoms with Crippen LogP contribution in [0.25, 0.3) is 0 Å². The van der Waals surface area contributed by atoms with E-state index in [9.17, 15) is 4.79 Å². The first-order valence-corrected chi connectivity index (χ1v) is 9.54. The number of benzene rings is 1. The predicted octanol–water partition coefficient (Wildman–Crippen LogP) is 2.50. The summed E-state index contributed by atoms with van der Waals surface area (Å²) >= 11 is 0. The Morgan fingerprint density at radius 3 is 2.64 bits per heavy atom. The van der Waals surface area contributed by atoms with Crippen molar-refractivity contribution in [2.24, 2.45) is 11.3 Å². The summed E-state index contributed by atoms with van der Waals surface area (Å²) in [5.74, 6) is 1.52. The summed E-state index contributed by atoms with van der Waals surface area (Å²) in [7, 11) is 3.39. The van der Waals surface area contributed by atoms with Crippen LogP contribution in [0.4, 0.5) is 5.69 Å². The van der Waals surface area contributed by atoms with Gasteiger partial charge in [0.15, 0.2) is 0 Å². The van der Waals surface area contributed by atoms with Crippen molar-refractivity contribution >= 4 is 36.4 Å². The van der Waals surface area contributed by atoms with Crippen molar-refractivity contribution in [3.8, 4) is 5.75 Å². The van der Waals surface area contributed by atoms with Gasteiger partial charge < -0.3 is 25.0 Å². The van der Waals surface area contributed by atoms with Crippen molar-refractivity contribution in [2.75, 3.05) is 58.5 Å². The molecule has 1 unspecified atom stereocenters. The maximum absolute atomic E-state index is 12.9. The van der Waals surface area contributed by atoms with E-state index >= 15 is 0 Å². The lowest BCUT2D eigenvalue weighted by molar-refractivity contribution is -0.136. The van der Waals surface area contributed by atoms with Gasteiger partial charge in [0.1, 0.15) is 5.75 Å². The van der Waals surface area contributed by atoms with Gasteiger partial charge in [-0.1, -0.05) is 12.1 Å². The summed E-state index contributed by atoms with van der Waals surface area (Å²) in [4.78, 5) is 15.2. The number of rotatable bonds is 7. The molecule has 6 nitrogen and oxygen atoms in total. The maximum Gasteiger partial charge on any atom is 0.228 e. The molecule has 2 heterocycles. The van der Waals surface area contributed by atoms with E-state index in [1.165, 1.54) is 0 Å².